The van der Waals surface area contributed by atoms with Crippen molar-refractivity contribution in [3.63, 3.8) is 0 Å². The summed E-state index contributed by atoms with van der Waals surface area (Å²) < 4.78 is 37.0. The first-order chi connectivity index (χ1) is 31.6. The highest BCUT2D eigenvalue weighted by Crippen LogP contribution is 2.76. The average molecular weight is 981 g/mol. The van der Waals surface area contributed by atoms with Gasteiger partial charge in [-0.1, -0.05) is 34.6 Å². The first-order valence-corrected chi connectivity index (χ1v) is 24.9. The maximum absolute atomic E-state index is 12.7. The van der Waals surface area contributed by atoms with Crippen LogP contribution in [0.2, 0.25) is 0 Å². The minimum absolute atomic E-state index is 0.0301. The van der Waals surface area contributed by atoms with Crippen molar-refractivity contribution in [3.05, 3.63) is 0 Å². The zero-order valence-electron chi connectivity index (χ0n) is 40.9. The molecular weight excluding hydrogens is 897 g/mol. The van der Waals surface area contributed by atoms with Crippen LogP contribution in [0.1, 0.15) is 113 Å². The van der Waals surface area contributed by atoms with Gasteiger partial charge in [0.1, 0.15) is 73.2 Å². The summed E-state index contributed by atoms with van der Waals surface area (Å²) in [6.45, 7) is 14.0. The molecule has 0 amide bonds. The fraction of sp³-hybridized carbons (Fsp3) is 1.00. The van der Waals surface area contributed by atoms with Crippen LogP contribution in [0.15, 0.2) is 0 Å². The van der Waals surface area contributed by atoms with E-state index in [1.54, 1.807) is 0 Å². The van der Waals surface area contributed by atoms with Crippen LogP contribution in [0.5, 0.6) is 0 Å². The quantitative estimate of drug-likeness (QED) is 0.0849. The van der Waals surface area contributed by atoms with Gasteiger partial charge in [0, 0.05) is 0 Å². The van der Waals surface area contributed by atoms with Crippen molar-refractivity contribution < 1.29 is 99.9 Å². The van der Waals surface area contributed by atoms with Gasteiger partial charge in [-0.2, -0.15) is 0 Å². The summed E-state index contributed by atoms with van der Waals surface area (Å²) >= 11 is 0. The van der Waals surface area contributed by atoms with Crippen molar-refractivity contribution in [2.24, 2.45) is 45.3 Å². The van der Waals surface area contributed by atoms with Crippen LogP contribution in [0.4, 0.5) is 0 Å². The molecule has 3 heterocycles. The summed E-state index contributed by atoms with van der Waals surface area (Å²) in [5, 5.41) is 151. The monoisotopic (exact) mass is 981 g/mol. The van der Waals surface area contributed by atoms with E-state index in [4.69, 9.17) is 28.4 Å². The predicted octanol–water partition coefficient (Wildman–Crippen LogP) is -1.86. The zero-order valence-corrected chi connectivity index (χ0v) is 40.9. The SMILES string of the molecule is CC(C)(O)C(O)CC[C@](C)(O[C@@H]1O[C@H](CO)[C@@H](O)[C@H](O)[C@H]1O)[C@H]1CC[C@]2(C)[C@@H]1[C@H](O)C[C@@H]1[C@@]3(C)CC[C@H](O[C@@H]4O[C@H](CO)[C@@H](O)[C@H](O)[C@H]4O[C@@H]4O[C@H](CO)[C@@H](O)[C@H](O)[C@H]4O)C(C)(C)[C@@H]3CC[C@]12C. The van der Waals surface area contributed by atoms with E-state index in [9.17, 15) is 71.5 Å². The lowest BCUT2D eigenvalue weighted by Gasteiger charge is -2.71. The molecule has 4 saturated carbocycles. The number of fused-ring (bicyclic) bond motifs is 5. The van der Waals surface area contributed by atoms with Crippen LogP contribution in [-0.4, -0.2) is 213 Å². The Bertz CT molecular complexity index is 1700. The largest absolute Gasteiger partial charge is 0.394 e. The van der Waals surface area contributed by atoms with Gasteiger partial charge in [0.15, 0.2) is 18.9 Å². The molecule has 0 bridgehead atoms. The number of ether oxygens (including phenoxy) is 6. The Morgan fingerprint density at radius 2 is 1.10 bits per heavy atom. The second kappa shape index (κ2) is 19.8. The molecule has 3 saturated heterocycles. The molecule has 0 aromatic carbocycles. The van der Waals surface area contributed by atoms with Crippen LogP contribution in [-0.2, 0) is 28.4 Å². The van der Waals surface area contributed by atoms with Crippen molar-refractivity contribution in [2.75, 3.05) is 19.8 Å². The molecule has 68 heavy (non-hydrogen) atoms. The highest BCUT2D eigenvalue weighted by atomic mass is 16.8. The fourth-order valence-electron chi connectivity index (χ4n) is 15.0. The Hall–Kier alpha value is -0.800. The Kier molecular flexibility index (Phi) is 16.0. The van der Waals surface area contributed by atoms with Gasteiger partial charge in [-0.05, 0) is 124 Å². The number of hydrogen-bond donors (Lipinski definition) is 14. The fourth-order valence-corrected chi connectivity index (χ4v) is 15.0. The van der Waals surface area contributed by atoms with E-state index >= 15 is 0 Å². The van der Waals surface area contributed by atoms with E-state index in [0.717, 1.165) is 19.3 Å². The first-order valence-electron chi connectivity index (χ1n) is 24.9. The Morgan fingerprint density at radius 1 is 0.588 bits per heavy atom. The Balaban J connectivity index is 1.14. The van der Waals surface area contributed by atoms with Crippen molar-refractivity contribution in [3.8, 4) is 0 Å². The second-order valence-corrected chi connectivity index (χ2v) is 23.8. The van der Waals surface area contributed by atoms with Gasteiger partial charge in [0.25, 0.3) is 0 Å². The van der Waals surface area contributed by atoms with Crippen LogP contribution in [0.25, 0.3) is 0 Å². The molecule has 14 N–H and O–H groups in total. The van der Waals surface area contributed by atoms with Gasteiger partial charge in [0.2, 0.25) is 0 Å². The summed E-state index contributed by atoms with van der Waals surface area (Å²) in [7, 11) is 0. The molecule has 4 aliphatic carbocycles. The third kappa shape index (κ3) is 9.17. The Morgan fingerprint density at radius 3 is 1.66 bits per heavy atom. The third-order valence-corrected chi connectivity index (χ3v) is 19.3. The van der Waals surface area contributed by atoms with Gasteiger partial charge in [-0.25, -0.2) is 0 Å². The van der Waals surface area contributed by atoms with Crippen LogP contribution < -0.4 is 0 Å². The molecule has 7 fully saturated rings. The molecule has 7 rings (SSSR count). The molecule has 26 atom stereocenters. The molecule has 7 aliphatic rings. The van der Waals surface area contributed by atoms with Crippen LogP contribution in [0.3, 0.4) is 0 Å². The standard InChI is InChI=1S/C48H84O20/c1-43(2)26-10-15-46(6)27(45(26,5)13-12-29(43)66-42-39(36(59)33(56)25(20-51)65-42)67-40-37(60)34(57)31(54)23(18-49)63-40)17-22(52)30-21(9-14-47(30,46)7)48(8,16-11-28(53)44(3,4)62)68-41-38(61)35(58)32(55)24(19-50)64-41/h21-42,49-62H,9-20H2,1-8H3/t21-,22+,23+,24+,25+,26-,27+,28?,29-,30-,31+,32+,33+,34-,35-,36-,37+,38+,39+,40-,41-,42-,45-,46+,47+,48-/m0/s1. The number of aliphatic hydroxyl groups excluding tert-OH is 13. The van der Waals surface area contributed by atoms with E-state index in [2.05, 4.69) is 34.6 Å². The number of rotatable bonds is 14. The van der Waals surface area contributed by atoms with Crippen molar-refractivity contribution in [1.29, 1.82) is 0 Å². The summed E-state index contributed by atoms with van der Waals surface area (Å²) in [5.41, 5.74) is -4.27. The Labute approximate surface area is 399 Å². The summed E-state index contributed by atoms with van der Waals surface area (Å²) in [5.74, 6) is -0.603. The van der Waals surface area contributed by atoms with Crippen molar-refractivity contribution >= 4 is 0 Å². The van der Waals surface area contributed by atoms with Crippen molar-refractivity contribution in [1.82, 2.24) is 0 Å². The molecule has 0 aromatic heterocycles. The minimum atomic E-state index is -1.81. The molecule has 0 aromatic rings. The van der Waals surface area contributed by atoms with Crippen LogP contribution >= 0.6 is 0 Å². The number of aliphatic hydroxyl groups is 14. The van der Waals surface area contributed by atoms with E-state index in [1.807, 2.05) is 6.92 Å². The highest BCUT2D eigenvalue weighted by Gasteiger charge is 2.72. The average Bonchev–Trinajstić information content (AvgIpc) is 3.67. The maximum atomic E-state index is 12.7. The number of hydrogen-bond acceptors (Lipinski definition) is 20. The topological polar surface area (TPSA) is 339 Å². The van der Waals surface area contributed by atoms with Crippen LogP contribution in [0, 0.1) is 45.3 Å². The van der Waals surface area contributed by atoms with Crippen molar-refractivity contribution in [2.45, 2.75) is 235 Å². The summed E-state index contributed by atoms with van der Waals surface area (Å²) in [6, 6.07) is 0. The second-order valence-electron chi connectivity index (χ2n) is 23.8. The maximum Gasteiger partial charge on any atom is 0.187 e. The molecule has 1 unspecified atom stereocenters. The molecular formula is C48H84O20. The minimum Gasteiger partial charge on any atom is -0.394 e. The molecule has 0 radical (unpaired) electrons. The van der Waals surface area contributed by atoms with E-state index < -0.39 is 152 Å². The first kappa shape index (κ1) is 55.0. The zero-order chi connectivity index (χ0) is 50.4. The lowest BCUT2D eigenvalue weighted by atomic mass is 9.35. The highest BCUT2D eigenvalue weighted by molar-refractivity contribution is 5.20. The molecule has 396 valence electrons. The predicted molar refractivity (Wildman–Crippen MR) is 236 cm³/mol. The van der Waals surface area contributed by atoms with Gasteiger partial charge >= 0.3 is 0 Å². The van der Waals surface area contributed by atoms with E-state index in [-0.39, 0.29) is 47.3 Å². The van der Waals surface area contributed by atoms with E-state index in [1.165, 1.54) is 13.8 Å². The van der Waals surface area contributed by atoms with Gasteiger partial charge < -0.3 is 99.9 Å². The van der Waals surface area contributed by atoms with Gasteiger partial charge in [-0.15, -0.1) is 0 Å². The van der Waals surface area contributed by atoms with Gasteiger partial charge in [-0.3, -0.25) is 0 Å². The molecule has 3 aliphatic heterocycles. The lowest BCUT2D eigenvalue weighted by molar-refractivity contribution is -0.378. The van der Waals surface area contributed by atoms with Gasteiger partial charge in [0.05, 0.1) is 49.3 Å². The lowest BCUT2D eigenvalue weighted by Crippen LogP contribution is -2.68. The van der Waals surface area contributed by atoms with E-state index in [0.29, 0.717) is 25.7 Å². The molecule has 20 nitrogen and oxygen atoms in total. The molecule has 20 heteroatoms. The smallest absolute Gasteiger partial charge is 0.187 e. The third-order valence-electron chi connectivity index (χ3n) is 19.3. The normalized spacial score (nSPS) is 52.1. The summed E-state index contributed by atoms with van der Waals surface area (Å²) in [6.07, 6.45) is -21.0. The molecule has 0 spiro atoms. The summed E-state index contributed by atoms with van der Waals surface area (Å²) in [4.78, 5) is 0.